The molecule has 1 aromatic heterocycles. The molecule has 2 heterocycles. The van der Waals surface area contributed by atoms with Gasteiger partial charge in [-0.25, -0.2) is 4.79 Å². The molecule has 4 rings (SSSR count). The molecule has 1 aliphatic rings. The molecule has 0 atom stereocenters. The van der Waals surface area contributed by atoms with E-state index in [1.54, 1.807) is 19.2 Å². The fourth-order valence-electron chi connectivity index (χ4n) is 3.35. The zero-order valence-corrected chi connectivity index (χ0v) is 14.4. The molecule has 2 aromatic carbocycles. The highest BCUT2D eigenvalue weighted by Crippen LogP contribution is 2.26. The van der Waals surface area contributed by atoms with E-state index >= 15 is 0 Å². The van der Waals surface area contributed by atoms with E-state index in [1.807, 2.05) is 35.2 Å². The van der Waals surface area contributed by atoms with Gasteiger partial charge in [-0.15, -0.1) is 0 Å². The highest BCUT2D eigenvalue weighted by Gasteiger charge is 2.25. The lowest BCUT2D eigenvalue weighted by Crippen LogP contribution is -2.48. The number of carbonyl (C=O) groups excluding carboxylic acids is 1. The minimum absolute atomic E-state index is 0.0338. The molecule has 0 radical (unpaired) electrons. The molecule has 0 saturated carbocycles. The Hall–Kier alpha value is -3.22. The number of H-pyrrole nitrogens is 1. The average Bonchev–Trinajstić information content (AvgIpc) is 3.07. The molecule has 7 heteroatoms. The summed E-state index contributed by atoms with van der Waals surface area (Å²) in [5.41, 5.74) is 2.68. The number of oxazole rings is 1. The van der Waals surface area contributed by atoms with Crippen LogP contribution in [0.15, 0.2) is 51.7 Å². The summed E-state index contributed by atoms with van der Waals surface area (Å²) in [5, 5.41) is 0. The summed E-state index contributed by atoms with van der Waals surface area (Å²) in [4.78, 5) is 30.9. The third-order valence-electron chi connectivity index (χ3n) is 4.67. The van der Waals surface area contributed by atoms with Gasteiger partial charge >= 0.3 is 5.76 Å². The van der Waals surface area contributed by atoms with Crippen molar-refractivity contribution in [1.29, 1.82) is 0 Å². The summed E-state index contributed by atoms with van der Waals surface area (Å²) >= 11 is 0. The molecular formula is C19H19N3O4. The minimum Gasteiger partial charge on any atom is -0.496 e. The van der Waals surface area contributed by atoms with Crippen molar-refractivity contribution in [3.8, 4) is 5.75 Å². The Kier molecular flexibility index (Phi) is 4.12. The van der Waals surface area contributed by atoms with Gasteiger partial charge in [-0.05, 0) is 24.3 Å². The number of ether oxygens (including phenoxy) is 1. The number of para-hydroxylation sites is 2. The van der Waals surface area contributed by atoms with Crippen LogP contribution in [-0.2, 0) is 0 Å². The molecule has 0 aliphatic carbocycles. The van der Waals surface area contributed by atoms with Crippen LogP contribution in [0.2, 0.25) is 0 Å². The zero-order valence-electron chi connectivity index (χ0n) is 14.4. The minimum atomic E-state index is -0.461. The summed E-state index contributed by atoms with van der Waals surface area (Å²) in [6.07, 6.45) is 0. The Labute approximate surface area is 149 Å². The van der Waals surface area contributed by atoms with Crippen molar-refractivity contribution in [1.82, 2.24) is 9.88 Å². The molecular weight excluding hydrogens is 334 g/mol. The average molecular weight is 353 g/mol. The van der Waals surface area contributed by atoms with E-state index < -0.39 is 5.76 Å². The molecule has 7 nitrogen and oxygen atoms in total. The number of nitrogens with one attached hydrogen (secondary N) is 1. The summed E-state index contributed by atoms with van der Waals surface area (Å²) < 4.78 is 10.6. The first-order valence-corrected chi connectivity index (χ1v) is 8.46. The van der Waals surface area contributed by atoms with Crippen molar-refractivity contribution in [3.05, 3.63) is 58.6 Å². The van der Waals surface area contributed by atoms with Gasteiger partial charge in [-0.3, -0.25) is 9.78 Å². The van der Waals surface area contributed by atoms with Crippen LogP contribution in [0, 0.1) is 0 Å². The Morgan fingerprint density at radius 3 is 2.62 bits per heavy atom. The van der Waals surface area contributed by atoms with Crippen LogP contribution in [0.25, 0.3) is 11.1 Å². The van der Waals surface area contributed by atoms with Crippen molar-refractivity contribution in [2.75, 3.05) is 38.2 Å². The van der Waals surface area contributed by atoms with Crippen molar-refractivity contribution >= 4 is 22.7 Å². The van der Waals surface area contributed by atoms with Gasteiger partial charge in [0.2, 0.25) is 0 Å². The lowest BCUT2D eigenvalue weighted by atomic mass is 10.1. The normalized spacial score (nSPS) is 14.7. The third kappa shape index (κ3) is 2.81. The molecule has 3 aromatic rings. The van der Waals surface area contributed by atoms with Gasteiger partial charge in [0.15, 0.2) is 5.58 Å². The predicted octanol–water partition coefficient (Wildman–Crippen LogP) is 2.09. The largest absolute Gasteiger partial charge is 0.496 e. The SMILES string of the molecule is COc1ccccc1C(=O)N1CCN(c2cccc3[nH]c(=O)oc23)CC1. The maximum Gasteiger partial charge on any atom is 0.417 e. The molecule has 134 valence electrons. The van der Waals surface area contributed by atoms with Gasteiger partial charge < -0.3 is 19.0 Å². The van der Waals surface area contributed by atoms with Crippen molar-refractivity contribution < 1.29 is 13.9 Å². The lowest BCUT2D eigenvalue weighted by molar-refractivity contribution is 0.0743. The van der Waals surface area contributed by atoms with Gasteiger partial charge in [-0.2, -0.15) is 0 Å². The fourth-order valence-corrected chi connectivity index (χ4v) is 3.35. The third-order valence-corrected chi connectivity index (χ3v) is 4.67. The van der Waals surface area contributed by atoms with Gasteiger partial charge in [0.25, 0.3) is 5.91 Å². The number of methoxy groups -OCH3 is 1. The Bertz CT molecular complexity index is 999. The van der Waals surface area contributed by atoms with Crippen molar-refractivity contribution in [2.45, 2.75) is 0 Å². The van der Waals surface area contributed by atoms with Crippen LogP contribution < -0.4 is 15.4 Å². The maximum absolute atomic E-state index is 12.8. The highest BCUT2D eigenvalue weighted by atomic mass is 16.5. The standard InChI is InChI=1S/C19H19N3O4/c1-25-16-8-3-2-5-13(16)18(23)22-11-9-21(10-12-22)15-7-4-6-14-17(15)26-19(24)20-14/h2-8H,9-12H2,1H3,(H,20,24). The molecule has 0 bridgehead atoms. The van der Waals surface area contributed by atoms with Crippen LogP contribution in [-0.4, -0.2) is 49.1 Å². The first-order chi connectivity index (χ1) is 12.7. The van der Waals surface area contributed by atoms with Crippen LogP contribution in [0.4, 0.5) is 5.69 Å². The number of fused-ring (bicyclic) bond motifs is 1. The number of aromatic nitrogens is 1. The second-order valence-corrected chi connectivity index (χ2v) is 6.15. The van der Waals surface area contributed by atoms with E-state index in [-0.39, 0.29) is 5.91 Å². The van der Waals surface area contributed by atoms with Crippen molar-refractivity contribution in [3.63, 3.8) is 0 Å². The molecule has 1 fully saturated rings. The quantitative estimate of drug-likeness (QED) is 0.780. The molecule has 26 heavy (non-hydrogen) atoms. The van der Waals surface area contributed by atoms with Crippen molar-refractivity contribution in [2.24, 2.45) is 0 Å². The number of anilines is 1. The van der Waals surface area contributed by atoms with E-state index in [4.69, 9.17) is 9.15 Å². The second-order valence-electron chi connectivity index (χ2n) is 6.15. The number of hydrogen-bond donors (Lipinski definition) is 1. The van der Waals surface area contributed by atoms with E-state index in [2.05, 4.69) is 9.88 Å². The smallest absolute Gasteiger partial charge is 0.417 e. The zero-order chi connectivity index (χ0) is 18.1. The number of nitrogens with zero attached hydrogens (tertiary/aromatic N) is 2. The highest BCUT2D eigenvalue weighted by molar-refractivity contribution is 5.97. The molecule has 1 amide bonds. The van der Waals surface area contributed by atoms with Crippen LogP contribution in [0.3, 0.4) is 0 Å². The van der Waals surface area contributed by atoms with E-state index in [9.17, 15) is 9.59 Å². The second kappa shape index (κ2) is 6.59. The van der Waals surface area contributed by atoms with Crippen LogP contribution >= 0.6 is 0 Å². The summed E-state index contributed by atoms with van der Waals surface area (Å²) in [6, 6.07) is 12.9. The Morgan fingerprint density at radius 2 is 1.85 bits per heavy atom. The lowest BCUT2D eigenvalue weighted by Gasteiger charge is -2.36. The number of amides is 1. The first-order valence-electron chi connectivity index (χ1n) is 8.46. The Morgan fingerprint density at radius 1 is 1.08 bits per heavy atom. The van der Waals surface area contributed by atoms with Gasteiger partial charge in [0.1, 0.15) is 5.75 Å². The summed E-state index contributed by atoms with van der Waals surface area (Å²) in [5.74, 6) is 0.0877. The van der Waals surface area contributed by atoms with Gasteiger partial charge in [0, 0.05) is 26.2 Å². The molecule has 1 N–H and O–H groups in total. The monoisotopic (exact) mass is 353 g/mol. The summed E-state index contributed by atoms with van der Waals surface area (Å²) in [7, 11) is 1.56. The molecule has 1 saturated heterocycles. The van der Waals surface area contributed by atoms with E-state index in [0.29, 0.717) is 48.6 Å². The molecule has 0 unspecified atom stereocenters. The number of hydrogen-bond acceptors (Lipinski definition) is 5. The number of aromatic amines is 1. The fraction of sp³-hybridized carbons (Fsp3) is 0.263. The van der Waals surface area contributed by atoms with E-state index in [1.165, 1.54) is 0 Å². The van der Waals surface area contributed by atoms with Crippen LogP contribution in [0.1, 0.15) is 10.4 Å². The first kappa shape index (κ1) is 16.3. The topological polar surface area (TPSA) is 78.8 Å². The Balaban J connectivity index is 1.52. The number of piperazine rings is 1. The van der Waals surface area contributed by atoms with Crippen LogP contribution in [0.5, 0.6) is 5.75 Å². The predicted molar refractivity (Wildman–Crippen MR) is 97.9 cm³/mol. The number of rotatable bonds is 3. The van der Waals surface area contributed by atoms with Gasteiger partial charge in [0.05, 0.1) is 23.9 Å². The van der Waals surface area contributed by atoms with E-state index in [0.717, 1.165) is 5.69 Å². The number of benzene rings is 2. The van der Waals surface area contributed by atoms with Gasteiger partial charge in [-0.1, -0.05) is 18.2 Å². The molecule has 1 aliphatic heterocycles. The number of carbonyl (C=O) groups is 1. The summed E-state index contributed by atoms with van der Waals surface area (Å²) in [6.45, 7) is 2.49. The maximum atomic E-state index is 12.8. The molecule has 0 spiro atoms.